The first kappa shape index (κ1) is 17.7. The van der Waals surface area contributed by atoms with Crippen molar-refractivity contribution in [1.82, 2.24) is 9.97 Å². The highest BCUT2D eigenvalue weighted by Gasteiger charge is 2.07. The van der Waals surface area contributed by atoms with E-state index in [0.717, 1.165) is 43.4 Å². The van der Waals surface area contributed by atoms with Crippen LogP contribution in [0.1, 0.15) is 45.4 Å². The Labute approximate surface area is 127 Å². The van der Waals surface area contributed by atoms with Gasteiger partial charge in [-0.3, -0.25) is 0 Å². The molecule has 0 saturated heterocycles. The van der Waals surface area contributed by atoms with Gasteiger partial charge < -0.3 is 20.5 Å². The van der Waals surface area contributed by atoms with E-state index in [1.54, 1.807) is 0 Å². The molecule has 0 aromatic carbocycles. The Morgan fingerprint density at radius 1 is 1.14 bits per heavy atom. The number of aliphatic hydroxyl groups is 1. The minimum Gasteiger partial charge on any atom is -0.394 e. The van der Waals surface area contributed by atoms with Gasteiger partial charge in [-0.25, -0.2) is 9.97 Å². The lowest BCUT2D eigenvalue weighted by Gasteiger charge is -2.12. The van der Waals surface area contributed by atoms with Crippen LogP contribution in [0.3, 0.4) is 0 Å². The van der Waals surface area contributed by atoms with Gasteiger partial charge in [0.25, 0.3) is 0 Å². The van der Waals surface area contributed by atoms with Crippen molar-refractivity contribution >= 4 is 11.6 Å². The van der Waals surface area contributed by atoms with Gasteiger partial charge in [-0.05, 0) is 12.8 Å². The van der Waals surface area contributed by atoms with Crippen molar-refractivity contribution in [1.29, 1.82) is 0 Å². The molecule has 0 radical (unpaired) electrons. The van der Waals surface area contributed by atoms with Crippen molar-refractivity contribution < 1.29 is 9.84 Å². The third kappa shape index (κ3) is 7.24. The predicted molar refractivity (Wildman–Crippen MR) is 85.9 cm³/mol. The van der Waals surface area contributed by atoms with Gasteiger partial charge >= 0.3 is 0 Å². The molecule has 21 heavy (non-hydrogen) atoms. The van der Waals surface area contributed by atoms with Crippen LogP contribution in [0.2, 0.25) is 0 Å². The van der Waals surface area contributed by atoms with Gasteiger partial charge in [-0.2, -0.15) is 0 Å². The van der Waals surface area contributed by atoms with Crippen LogP contribution in [-0.2, 0) is 4.74 Å². The molecule has 0 amide bonds. The second-order valence-electron chi connectivity index (χ2n) is 5.19. The minimum absolute atomic E-state index is 0.0730. The number of nitrogens with zero attached hydrogens (tertiary/aromatic N) is 2. The molecule has 1 rings (SSSR count). The molecule has 0 atom stereocenters. The Balaban J connectivity index is 2.52. The Hall–Kier alpha value is -1.40. The van der Waals surface area contributed by atoms with Crippen molar-refractivity contribution in [3.05, 3.63) is 11.9 Å². The maximum atomic E-state index is 8.62. The Morgan fingerprint density at radius 3 is 2.38 bits per heavy atom. The second kappa shape index (κ2) is 10.3. The van der Waals surface area contributed by atoms with Gasteiger partial charge in [0.15, 0.2) is 0 Å². The lowest BCUT2D eigenvalue weighted by atomic mass is 10.2. The van der Waals surface area contributed by atoms with Crippen LogP contribution in [0, 0.1) is 0 Å². The van der Waals surface area contributed by atoms with Crippen LogP contribution in [0.5, 0.6) is 0 Å². The molecular weight excluding hydrogens is 268 g/mol. The van der Waals surface area contributed by atoms with Crippen molar-refractivity contribution in [2.45, 2.75) is 39.5 Å². The Bertz CT molecular complexity index is 399. The predicted octanol–water partition coefficient (Wildman–Crippen LogP) is 2.23. The third-order valence-electron chi connectivity index (χ3n) is 2.82. The monoisotopic (exact) mass is 296 g/mol. The highest BCUT2D eigenvalue weighted by atomic mass is 16.5. The summed E-state index contributed by atoms with van der Waals surface area (Å²) in [6, 6.07) is 1.94. The fraction of sp³-hybridized carbons (Fsp3) is 0.733. The zero-order chi connectivity index (χ0) is 15.5. The van der Waals surface area contributed by atoms with E-state index in [9.17, 15) is 0 Å². The molecule has 1 aromatic rings. The molecule has 0 aliphatic rings. The number of hydrogen-bond donors (Lipinski definition) is 3. The van der Waals surface area contributed by atoms with E-state index in [0.29, 0.717) is 19.1 Å². The number of anilines is 2. The SMILES string of the molecule is CCCNc1cc(NCCCOCCO)nc(C(C)C)n1. The van der Waals surface area contributed by atoms with E-state index in [1.165, 1.54) is 0 Å². The topological polar surface area (TPSA) is 79.3 Å². The molecule has 1 aromatic heterocycles. The average Bonchev–Trinajstić information content (AvgIpc) is 2.48. The second-order valence-corrected chi connectivity index (χ2v) is 5.19. The summed E-state index contributed by atoms with van der Waals surface area (Å²) >= 11 is 0. The molecule has 6 nitrogen and oxygen atoms in total. The first-order valence-corrected chi connectivity index (χ1v) is 7.72. The molecule has 0 saturated carbocycles. The molecule has 0 bridgehead atoms. The highest BCUT2D eigenvalue weighted by Crippen LogP contribution is 2.17. The van der Waals surface area contributed by atoms with Crippen LogP contribution in [-0.4, -0.2) is 48.0 Å². The van der Waals surface area contributed by atoms with Crippen LogP contribution >= 0.6 is 0 Å². The van der Waals surface area contributed by atoms with Crippen LogP contribution in [0.25, 0.3) is 0 Å². The summed E-state index contributed by atoms with van der Waals surface area (Å²) in [5.41, 5.74) is 0. The van der Waals surface area contributed by atoms with Gasteiger partial charge in [-0.1, -0.05) is 20.8 Å². The average molecular weight is 296 g/mol. The molecule has 120 valence electrons. The zero-order valence-corrected chi connectivity index (χ0v) is 13.4. The van der Waals surface area contributed by atoms with Gasteiger partial charge in [-0.15, -0.1) is 0 Å². The molecular formula is C15H28N4O2. The van der Waals surface area contributed by atoms with Gasteiger partial charge in [0.05, 0.1) is 13.2 Å². The molecule has 0 aliphatic heterocycles. The van der Waals surface area contributed by atoms with Gasteiger partial charge in [0.2, 0.25) is 0 Å². The summed E-state index contributed by atoms with van der Waals surface area (Å²) in [6.45, 7) is 9.10. The standard InChI is InChI=1S/C15H28N4O2/c1-4-6-16-13-11-14(19-15(18-13)12(2)3)17-7-5-9-21-10-8-20/h11-12,20H,4-10H2,1-3H3,(H2,16,17,18,19). The molecule has 0 aliphatic carbocycles. The van der Waals surface area contributed by atoms with Crippen LogP contribution in [0.15, 0.2) is 6.07 Å². The van der Waals surface area contributed by atoms with Crippen molar-refractivity contribution in [3.8, 4) is 0 Å². The normalized spacial score (nSPS) is 10.9. The van der Waals surface area contributed by atoms with Crippen molar-refractivity contribution in [2.75, 3.05) is 43.5 Å². The molecule has 1 heterocycles. The number of nitrogens with one attached hydrogen (secondary N) is 2. The lowest BCUT2D eigenvalue weighted by Crippen LogP contribution is -2.12. The fourth-order valence-corrected chi connectivity index (χ4v) is 1.72. The molecule has 0 unspecified atom stereocenters. The van der Waals surface area contributed by atoms with Gasteiger partial charge in [0.1, 0.15) is 17.5 Å². The summed E-state index contributed by atoms with van der Waals surface area (Å²) in [6.07, 6.45) is 1.94. The molecule has 0 fully saturated rings. The van der Waals surface area contributed by atoms with Crippen LogP contribution in [0.4, 0.5) is 11.6 Å². The number of aliphatic hydroxyl groups excluding tert-OH is 1. The fourth-order valence-electron chi connectivity index (χ4n) is 1.72. The zero-order valence-electron chi connectivity index (χ0n) is 13.4. The first-order chi connectivity index (χ1) is 10.2. The summed E-state index contributed by atoms with van der Waals surface area (Å²) in [5.74, 6) is 2.85. The van der Waals surface area contributed by atoms with Gasteiger partial charge in [0, 0.05) is 31.7 Å². The summed E-state index contributed by atoms with van der Waals surface area (Å²) < 4.78 is 5.22. The molecule has 0 spiro atoms. The number of hydrogen-bond acceptors (Lipinski definition) is 6. The number of rotatable bonds is 11. The van der Waals surface area contributed by atoms with Crippen LogP contribution < -0.4 is 10.6 Å². The quantitative estimate of drug-likeness (QED) is 0.543. The maximum Gasteiger partial charge on any atom is 0.135 e. The first-order valence-electron chi connectivity index (χ1n) is 7.72. The smallest absolute Gasteiger partial charge is 0.135 e. The van der Waals surface area contributed by atoms with E-state index in [4.69, 9.17) is 9.84 Å². The highest BCUT2D eigenvalue weighted by molar-refractivity contribution is 5.47. The lowest BCUT2D eigenvalue weighted by molar-refractivity contribution is 0.0922. The third-order valence-corrected chi connectivity index (χ3v) is 2.82. The van der Waals surface area contributed by atoms with E-state index in [1.807, 2.05) is 6.07 Å². The molecule has 6 heteroatoms. The van der Waals surface area contributed by atoms with E-state index < -0.39 is 0 Å². The summed E-state index contributed by atoms with van der Waals surface area (Å²) in [5, 5.41) is 15.2. The summed E-state index contributed by atoms with van der Waals surface area (Å²) in [7, 11) is 0. The van der Waals surface area contributed by atoms with Crippen molar-refractivity contribution in [2.24, 2.45) is 0 Å². The number of ether oxygens (including phenoxy) is 1. The maximum absolute atomic E-state index is 8.62. The van der Waals surface area contributed by atoms with E-state index >= 15 is 0 Å². The largest absolute Gasteiger partial charge is 0.394 e. The minimum atomic E-state index is 0.0730. The van der Waals surface area contributed by atoms with Crippen molar-refractivity contribution in [3.63, 3.8) is 0 Å². The Morgan fingerprint density at radius 2 is 1.81 bits per heavy atom. The van der Waals surface area contributed by atoms with E-state index in [2.05, 4.69) is 41.4 Å². The summed E-state index contributed by atoms with van der Waals surface area (Å²) in [4.78, 5) is 9.06. The van der Waals surface area contributed by atoms with E-state index in [-0.39, 0.29) is 6.61 Å². The Kier molecular flexibility index (Phi) is 8.69. The molecule has 3 N–H and O–H groups in total. The number of aromatic nitrogens is 2.